The molecule has 0 fully saturated rings. The van der Waals surface area contributed by atoms with Crippen molar-refractivity contribution in [2.75, 3.05) is 6.54 Å². The standard InChI is InChI=1S/C15H22FNO/c1-4-5-13(11(2)3)10-17-15(18)12-6-8-14(16)9-7-12/h6-9,11,13H,4-5,10H2,1-3H3,(H,17,18). The molecule has 0 heterocycles. The van der Waals surface area contributed by atoms with Gasteiger partial charge >= 0.3 is 0 Å². The molecule has 1 aromatic carbocycles. The SMILES string of the molecule is CCCC(CNC(=O)c1ccc(F)cc1)C(C)C. The van der Waals surface area contributed by atoms with Gasteiger partial charge in [-0.3, -0.25) is 4.79 Å². The number of amides is 1. The van der Waals surface area contributed by atoms with Crippen LogP contribution < -0.4 is 5.32 Å². The fourth-order valence-corrected chi connectivity index (χ4v) is 1.97. The molecule has 1 N–H and O–H groups in total. The molecule has 1 atom stereocenters. The zero-order chi connectivity index (χ0) is 13.5. The van der Waals surface area contributed by atoms with Gasteiger partial charge < -0.3 is 5.32 Å². The van der Waals surface area contributed by atoms with Crippen LogP contribution in [0.15, 0.2) is 24.3 Å². The first-order valence-electron chi connectivity index (χ1n) is 6.58. The zero-order valence-electron chi connectivity index (χ0n) is 11.4. The smallest absolute Gasteiger partial charge is 0.251 e. The largest absolute Gasteiger partial charge is 0.352 e. The quantitative estimate of drug-likeness (QED) is 0.822. The van der Waals surface area contributed by atoms with Crippen LogP contribution in [0.2, 0.25) is 0 Å². The lowest BCUT2D eigenvalue weighted by molar-refractivity contribution is 0.0942. The third kappa shape index (κ3) is 4.47. The average molecular weight is 251 g/mol. The molecular weight excluding hydrogens is 229 g/mol. The number of carbonyl (C=O) groups excluding carboxylic acids is 1. The predicted octanol–water partition coefficient (Wildman–Crippen LogP) is 3.63. The third-order valence-corrected chi connectivity index (χ3v) is 3.23. The van der Waals surface area contributed by atoms with Crippen LogP contribution in [-0.2, 0) is 0 Å². The molecule has 1 aromatic rings. The Balaban J connectivity index is 2.51. The van der Waals surface area contributed by atoms with E-state index in [1.165, 1.54) is 24.3 Å². The minimum absolute atomic E-state index is 0.128. The maximum atomic E-state index is 12.7. The fourth-order valence-electron chi connectivity index (χ4n) is 1.97. The second kappa shape index (κ2) is 7.14. The van der Waals surface area contributed by atoms with E-state index in [4.69, 9.17) is 0 Å². The molecule has 1 rings (SSSR count). The van der Waals surface area contributed by atoms with E-state index >= 15 is 0 Å². The normalized spacial score (nSPS) is 12.5. The van der Waals surface area contributed by atoms with Crippen molar-refractivity contribution in [2.45, 2.75) is 33.6 Å². The summed E-state index contributed by atoms with van der Waals surface area (Å²) in [5.74, 6) is 0.604. The van der Waals surface area contributed by atoms with Gasteiger partial charge in [-0.2, -0.15) is 0 Å². The summed E-state index contributed by atoms with van der Waals surface area (Å²) in [6.45, 7) is 7.17. The Labute approximate surface area is 109 Å². The molecule has 0 saturated carbocycles. The Bertz CT molecular complexity index is 373. The maximum absolute atomic E-state index is 12.7. The summed E-state index contributed by atoms with van der Waals surface area (Å²) in [6.07, 6.45) is 2.23. The van der Waals surface area contributed by atoms with Crippen LogP contribution in [-0.4, -0.2) is 12.5 Å². The summed E-state index contributed by atoms with van der Waals surface area (Å²) in [7, 11) is 0. The Hall–Kier alpha value is -1.38. The van der Waals surface area contributed by atoms with E-state index in [0.29, 0.717) is 23.9 Å². The van der Waals surface area contributed by atoms with E-state index in [2.05, 4.69) is 26.1 Å². The summed E-state index contributed by atoms with van der Waals surface area (Å²) >= 11 is 0. The monoisotopic (exact) mass is 251 g/mol. The van der Waals surface area contributed by atoms with Crippen molar-refractivity contribution >= 4 is 5.91 Å². The topological polar surface area (TPSA) is 29.1 Å². The molecule has 0 bridgehead atoms. The molecule has 1 unspecified atom stereocenters. The van der Waals surface area contributed by atoms with E-state index in [-0.39, 0.29) is 11.7 Å². The minimum atomic E-state index is -0.322. The van der Waals surface area contributed by atoms with Crippen molar-refractivity contribution in [3.05, 3.63) is 35.6 Å². The zero-order valence-corrected chi connectivity index (χ0v) is 11.4. The van der Waals surface area contributed by atoms with Gasteiger partial charge in [0.1, 0.15) is 5.82 Å². The first-order chi connectivity index (χ1) is 8.54. The summed E-state index contributed by atoms with van der Waals surface area (Å²) in [5, 5.41) is 2.92. The van der Waals surface area contributed by atoms with Crippen LogP contribution in [0.5, 0.6) is 0 Å². The van der Waals surface area contributed by atoms with Gasteiger partial charge in [0.15, 0.2) is 0 Å². The molecule has 0 aliphatic carbocycles. The lowest BCUT2D eigenvalue weighted by Gasteiger charge is -2.20. The van der Waals surface area contributed by atoms with Crippen molar-refractivity contribution < 1.29 is 9.18 Å². The first kappa shape index (κ1) is 14.7. The van der Waals surface area contributed by atoms with Gasteiger partial charge in [-0.15, -0.1) is 0 Å². The number of rotatable bonds is 6. The molecule has 0 radical (unpaired) electrons. The predicted molar refractivity (Wildman–Crippen MR) is 72.0 cm³/mol. The fraction of sp³-hybridized carbons (Fsp3) is 0.533. The summed E-state index contributed by atoms with van der Waals surface area (Å²) in [6, 6.07) is 5.63. The summed E-state index contributed by atoms with van der Waals surface area (Å²) in [4.78, 5) is 11.9. The van der Waals surface area contributed by atoms with Crippen molar-refractivity contribution in [1.82, 2.24) is 5.32 Å². The van der Waals surface area contributed by atoms with Gasteiger partial charge in [0, 0.05) is 12.1 Å². The van der Waals surface area contributed by atoms with Gasteiger partial charge in [-0.25, -0.2) is 4.39 Å². The number of benzene rings is 1. The first-order valence-corrected chi connectivity index (χ1v) is 6.58. The number of nitrogens with one attached hydrogen (secondary N) is 1. The van der Waals surface area contributed by atoms with Crippen molar-refractivity contribution in [1.29, 1.82) is 0 Å². The Morgan fingerprint density at radius 1 is 1.28 bits per heavy atom. The molecule has 0 aliphatic rings. The highest BCUT2D eigenvalue weighted by Crippen LogP contribution is 2.16. The Kier molecular flexibility index (Phi) is 5.83. The van der Waals surface area contributed by atoms with Crippen LogP contribution in [0, 0.1) is 17.7 Å². The molecule has 100 valence electrons. The van der Waals surface area contributed by atoms with Crippen LogP contribution in [0.25, 0.3) is 0 Å². The highest BCUT2D eigenvalue weighted by Gasteiger charge is 2.14. The highest BCUT2D eigenvalue weighted by atomic mass is 19.1. The van der Waals surface area contributed by atoms with Gasteiger partial charge in [-0.05, 0) is 42.5 Å². The van der Waals surface area contributed by atoms with Crippen molar-refractivity contribution in [3.63, 3.8) is 0 Å². The van der Waals surface area contributed by atoms with E-state index in [1.54, 1.807) is 0 Å². The van der Waals surface area contributed by atoms with Crippen LogP contribution in [0.4, 0.5) is 4.39 Å². The van der Waals surface area contributed by atoms with E-state index in [9.17, 15) is 9.18 Å². The van der Waals surface area contributed by atoms with E-state index in [0.717, 1.165) is 12.8 Å². The van der Waals surface area contributed by atoms with Gasteiger partial charge in [0.05, 0.1) is 0 Å². The molecular formula is C15H22FNO. The minimum Gasteiger partial charge on any atom is -0.352 e. The second-order valence-electron chi connectivity index (χ2n) is 5.01. The molecule has 0 aromatic heterocycles. The van der Waals surface area contributed by atoms with Crippen LogP contribution >= 0.6 is 0 Å². The van der Waals surface area contributed by atoms with Crippen molar-refractivity contribution in [2.24, 2.45) is 11.8 Å². The van der Waals surface area contributed by atoms with E-state index < -0.39 is 0 Å². The number of halogens is 1. The molecule has 0 spiro atoms. The van der Waals surface area contributed by atoms with Crippen molar-refractivity contribution in [3.8, 4) is 0 Å². The number of carbonyl (C=O) groups is 1. The second-order valence-corrected chi connectivity index (χ2v) is 5.01. The maximum Gasteiger partial charge on any atom is 0.251 e. The van der Waals surface area contributed by atoms with Gasteiger partial charge in [-0.1, -0.05) is 27.2 Å². The highest BCUT2D eigenvalue weighted by molar-refractivity contribution is 5.94. The Morgan fingerprint density at radius 3 is 2.39 bits per heavy atom. The lowest BCUT2D eigenvalue weighted by atomic mass is 9.91. The van der Waals surface area contributed by atoms with Crippen LogP contribution in [0.3, 0.4) is 0 Å². The van der Waals surface area contributed by atoms with E-state index in [1.807, 2.05) is 0 Å². The lowest BCUT2D eigenvalue weighted by Crippen LogP contribution is -2.31. The Morgan fingerprint density at radius 2 is 1.89 bits per heavy atom. The van der Waals surface area contributed by atoms with Crippen LogP contribution in [0.1, 0.15) is 44.0 Å². The van der Waals surface area contributed by atoms with Gasteiger partial charge in [0.2, 0.25) is 0 Å². The molecule has 1 amide bonds. The molecule has 3 heteroatoms. The average Bonchev–Trinajstić information content (AvgIpc) is 2.34. The summed E-state index contributed by atoms with van der Waals surface area (Å²) in [5.41, 5.74) is 0.510. The molecule has 0 saturated heterocycles. The number of hydrogen-bond acceptors (Lipinski definition) is 1. The third-order valence-electron chi connectivity index (χ3n) is 3.23. The summed E-state index contributed by atoms with van der Waals surface area (Å²) < 4.78 is 12.7. The van der Waals surface area contributed by atoms with Gasteiger partial charge in [0.25, 0.3) is 5.91 Å². The molecule has 0 aliphatic heterocycles. The number of hydrogen-bond donors (Lipinski definition) is 1. The molecule has 2 nitrogen and oxygen atoms in total. The molecule has 18 heavy (non-hydrogen) atoms.